The van der Waals surface area contributed by atoms with Gasteiger partial charge in [-0.1, -0.05) is 6.07 Å². The van der Waals surface area contributed by atoms with Crippen LogP contribution in [-0.4, -0.2) is 41.8 Å². The fourth-order valence-corrected chi connectivity index (χ4v) is 2.54. The predicted octanol–water partition coefficient (Wildman–Crippen LogP) is 2.91. The molecule has 1 fully saturated rings. The molecule has 5 nitrogen and oxygen atoms in total. The van der Waals surface area contributed by atoms with Gasteiger partial charge in [-0.2, -0.15) is 8.78 Å². The summed E-state index contributed by atoms with van der Waals surface area (Å²) in [5.74, 6) is 0.0568. The molecule has 22 heavy (non-hydrogen) atoms. The molecule has 1 aromatic carbocycles. The van der Waals surface area contributed by atoms with Crippen molar-refractivity contribution in [3.05, 3.63) is 24.3 Å². The van der Waals surface area contributed by atoms with Crippen LogP contribution in [0.3, 0.4) is 0 Å². The first-order chi connectivity index (χ1) is 10.5. The number of hydrogen-bond donors (Lipinski definition) is 2. The molecule has 0 aromatic heterocycles. The van der Waals surface area contributed by atoms with Crippen molar-refractivity contribution in [2.24, 2.45) is 5.92 Å². The van der Waals surface area contributed by atoms with E-state index in [0.717, 1.165) is 12.8 Å². The zero-order valence-corrected chi connectivity index (χ0v) is 12.3. The molecule has 0 bridgehead atoms. The van der Waals surface area contributed by atoms with Gasteiger partial charge in [-0.25, -0.2) is 4.79 Å². The van der Waals surface area contributed by atoms with E-state index in [0.29, 0.717) is 18.8 Å². The highest BCUT2D eigenvalue weighted by Crippen LogP contribution is 2.22. The number of urea groups is 1. The Hall–Kier alpha value is -1.89. The minimum Gasteiger partial charge on any atom is -0.435 e. The van der Waals surface area contributed by atoms with E-state index in [1.165, 1.54) is 18.2 Å². The molecule has 122 valence electrons. The summed E-state index contributed by atoms with van der Waals surface area (Å²) in [6, 6.07) is 5.57. The van der Waals surface area contributed by atoms with Crippen LogP contribution >= 0.6 is 0 Å². The second kappa shape index (κ2) is 7.40. The van der Waals surface area contributed by atoms with Crippen molar-refractivity contribution in [2.45, 2.75) is 32.5 Å². The number of ether oxygens (including phenoxy) is 1. The normalized spacial score (nSPS) is 19.9. The zero-order chi connectivity index (χ0) is 16.1. The molecule has 7 heteroatoms. The van der Waals surface area contributed by atoms with E-state index in [4.69, 9.17) is 0 Å². The van der Waals surface area contributed by atoms with Crippen molar-refractivity contribution in [3.63, 3.8) is 0 Å². The van der Waals surface area contributed by atoms with Gasteiger partial charge in [-0.3, -0.25) is 0 Å². The average molecular weight is 314 g/mol. The van der Waals surface area contributed by atoms with Gasteiger partial charge in [0.25, 0.3) is 0 Å². The van der Waals surface area contributed by atoms with E-state index in [-0.39, 0.29) is 17.7 Å². The minimum atomic E-state index is -2.90. The summed E-state index contributed by atoms with van der Waals surface area (Å²) in [4.78, 5) is 13.8. The molecule has 1 heterocycles. The number of alkyl halides is 2. The Balaban J connectivity index is 1.96. The van der Waals surface area contributed by atoms with Crippen LogP contribution in [0.25, 0.3) is 0 Å². The molecule has 1 saturated heterocycles. The first-order valence-corrected chi connectivity index (χ1v) is 7.24. The summed E-state index contributed by atoms with van der Waals surface area (Å²) in [7, 11) is 0. The number of benzene rings is 1. The standard InChI is InChI=1S/C15H20F2N2O3/c1-10(20)11-4-3-7-19(9-11)15(21)18-12-5-2-6-13(8-12)22-14(16)17/h2,5-6,8,10-11,14,20H,3-4,7,9H2,1H3,(H,18,21). The summed E-state index contributed by atoms with van der Waals surface area (Å²) in [5.41, 5.74) is 0.391. The van der Waals surface area contributed by atoms with Crippen molar-refractivity contribution in [1.29, 1.82) is 0 Å². The Morgan fingerprint density at radius 3 is 2.95 bits per heavy atom. The van der Waals surface area contributed by atoms with E-state index in [1.54, 1.807) is 17.9 Å². The van der Waals surface area contributed by atoms with Crippen LogP contribution in [0.4, 0.5) is 19.3 Å². The monoisotopic (exact) mass is 314 g/mol. The maximum Gasteiger partial charge on any atom is 0.387 e. The molecule has 1 aromatic rings. The molecule has 2 rings (SSSR count). The molecule has 1 aliphatic heterocycles. The van der Waals surface area contributed by atoms with E-state index in [9.17, 15) is 18.7 Å². The summed E-state index contributed by atoms with van der Waals surface area (Å²) in [5, 5.41) is 12.3. The fraction of sp³-hybridized carbons (Fsp3) is 0.533. The second-order valence-electron chi connectivity index (χ2n) is 5.43. The van der Waals surface area contributed by atoms with E-state index in [2.05, 4.69) is 10.1 Å². The number of hydrogen-bond acceptors (Lipinski definition) is 3. The lowest BCUT2D eigenvalue weighted by Crippen LogP contribution is -2.44. The van der Waals surface area contributed by atoms with Crippen LogP contribution in [-0.2, 0) is 0 Å². The lowest BCUT2D eigenvalue weighted by atomic mass is 9.94. The SMILES string of the molecule is CC(O)C1CCCN(C(=O)Nc2cccc(OC(F)F)c2)C1. The van der Waals surface area contributed by atoms with Gasteiger partial charge in [-0.15, -0.1) is 0 Å². The first-order valence-electron chi connectivity index (χ1n) is 7.24. The number of amides is 2. The Labute approximate surface area is 127 Å². The third kappa shape index (κ3) is 4.56. The van der Waals surface area contributed by atoms with Gasteiger partial charge in [0.05, 0.1) is 6.10 Å². The second-order valence-corrected chi connectivity index (χ2v) is 5.43. The molecule has 0 aliphatic carbocycles. The van der Waals surface area contributed by atoms with Crippen LogP contribution in [0, 0.1) is 5.92 Å². The number of halogens is 2. The number of aliphatic hydroxyl groups is 1. The number of rotatable bonds is 4. The highest BCUT2D eigenvalue weighted by Gasteiger charge is 2.26. The van der Waals surface area contributed by atoms with Gasteiger partial charge in [0.2, 0.25) is 0 Å². The summed E-state index contributed by atoms with van der Waals surface area (Å²) in [6.45, 7) is -0.0872. The molecule has 2 atom stereocenters. The minimum absolute atomic E-state index is 0.00620. The molecular weight excluding hydrogens is 294 g/mol. The summed E-state index contributed by atoms with van der Waals surface area (Å²) >= 11 is 0. The number of piperidine rings is 1. The number of nitrogens with one attached hydrogen (secondary N) is 1. The Kier molecular flexibility index (Phi) is 5.54. The van der Waals surface area contributed by atoms with Crippen LogP contribution < -0.4 is 10.1 Å². The maximum absolute atomic E-state index is 12.2. The van der Waals surface area contributed by atoms with Gasteiger partial charge >= 0.3 is 12.6 Å². The predicted molar refractivity (Wildman–Crippen MR) is 78.1 cm³/mol. The molecule has 2 amide bonds. The van der Waals surface area contributed by atoms with Crippen molar-refractivity contribution >= 4 is 11.7 Å². The van der Waals surface area contributed by atoms with Gasteiger partial charge in [0, 0.05) is 30.8 Å². The summed E-state index contributed by atoms with van der Waals surface area (Å²) < 4.78 is 28.7. The number of anilines is 1. The van der Waals surface area contributed by atoms with E-state index >= 15 is 0 Å². The lowest BCUT2D eigenvalue weighted by molar-refractivity contribution is -0.0497. The van der Waals surface area contributed by atoms with E-state index < -0.39 is 12.7 Å². The number of carbonyl (C=O) groups excluding carboxylic acids is 1. The number of nitrogens with zero attached hydrogens (tertiary/aromatic N) is 1. The topological polar surface area (TPSA) is 61.8 Å². The van der Waals surface area contributed by atoms with Crippen LogP contribution in [0.2, 0.25) is 0 Å². The highest BCUT2D eigenvalue weighted by molar-refractivity contribution is 5.89. The smallest absolute Gasteiger partial charge is 0.387 e. The zero-order valence-electron chi connectivity index (χ0n) is 12.3. The third-order valence-electron chi connectivity index (χ3n) is 3.74. The van der Waals surface area contributed by atoms with Gasteiger partial charge in [0.15, 0.2) is 0 Å². The summed E-state index contributed by atoms with van der Waals surface area (Å²) in [6.07, 6.45) is 1.26. The van der Waals surface area contributed by atoms with Gasteiger partial charge < -0.3 is 20.1 Å². The lowest BCUT2D eigenvalue weighted by Gasteiger charge is -2.34. The quantitative estimate of drug-likeness (QED) is 0.898. The molecule has 2 N–H and O–H groups in total. The first kappa shape index (κ1) is 16.5. The van der Waals surface area contributed by atoms with Crippen molar-refractivity contribution < 1.29 is 23.4 Å². The van der Waals surface area contributed by atoms with Crippen molar-refractivity contribution in [1.82, 2.24) is 4.90 Å². The largest absolute Gasteiger partial charge is 0.435 e. The van der Waals surface area contributed by atoms with Crippen LogP contribution in [0.5, 0.6) is 5.75 Å². The molecule has 1 aliphatic rings. The number of aliphatic hydroxyl groups excluding tert-OH is 1. The average Bonchev–Trinajstić information content (AvgIpc) is 2.47. The third-order valence-corrected chi connectivity index (χ3v) is 3.74. The number of likely N-dealkylation sites (tertiary alicyclic amines) is 1. The van der Waals surface area contributed by atoms with E-state index in [1.807, 2.05) is 0 Å². The van der Waals surface area contributed by atoms with Crippen LogP contribution in [0.15, 0.2) is 24.3 Å². The van der Waals surface area contributed by atoms with Crippen molar-refractivity contribution in [2.75, 3.05) is 18.4 Å². The molecule has 0 radical (unpaired) electrons. The highest BCUT2D eigenvalue weighted by atomic mass is 19.3. The molecular formula is C15H20F2N2O3. The Morgan fingerprint density at radius 1 is 1.50 bits per heavy atom. The number of carbonyl (C=O) groups is 1. The van der Waals surface area contributed by atoms with Gasteiger partial charge in [0.1, 0.15) is 5.75 Å². The Bertz CT molecular complexity index is 511. The molecule has 2 unspecified atom stereocenters. The molecule has 0 spiro atoms. The van der Waals surface area contributed by atoms with Crippen molar-refractivity contribution in [3.8, 4) is 5.75 Å². The van der Waals surface area contributed by atoms with Gasteiger partial charge in [-0.05, 0) is 31.9 Å². The maximum atomic E-state index is 12.2. The Morgan fingerprint density at radius 2 is 2.27 bits per heavy atom. The fourth-order valence-electron chi connectivity index (χ4n) is 2.54. The van der Waals surface area contributed by atoms with Crippen LogP contribution in [0.1, 0.15) is 19.8 Å². The molecule has 0 saturated carbocycles.